The van der Waals surface area contributed by atoms with E-state index in [0.717, 1.165) is 23.4 Å². The lowest BCUT2D eigenvalue weighted by Crippen LogP contribution is -2.14. The van der Waals surface area contributed by atoms with E-state index >= 15 is 0 Å². The van der Waals surface area contributed by atoms with Gasteiger partial charge in [-0.25, -0.2) is 9.78 Å². The molecule has 0 aliphatic rings. The highest BCUT2D eigenvalue weighted by atomic mass is 32.2. The molecular formula is C15H18N2O2S. The first-order valence-corrected chi connectivity index (χ1v) is 7.87. The van der Waals surface area contributed by atoms with Crippen LogP contribution in [0, 0.1) is 5.92 Å². The fourth-order valence-corrected chi connectivity index (χ4v) is 2.75. The summed E-state index contributed by atoms with van der Waals surface area (Å²) in [4.78, 5) is 15.3. The third-order valence-electron chi connectivity index (χ3n) is 3.03. The van der Waals surface area contributed by atoms with Crippen molar-refractivity contribution in [2.45, 2.75) is 6.92 Å². The number of nitrogens with zero attached hydrogens (tertiary/aromatic N) is 1. The average molecular weight is 290 g/mol. The minimum atomic E-state index is -1.00. The Bertz CT molecular complexity index is 616. The molecule has 0 aliphatic carbocycles. The second-order valence-electron chi connectivity index (χ2n) is 4.82. The molecule has 0 bridgehead atoms. The summed E-state index contributed by atoms with van der Waals surface area (Å²) in [5.74, 6) is 0.586. The summed E-state index contributed by atoms with van der Waals surface area (Å²) >= 11 is 1.81. The predicted molar refractivity (Wildman–Crippen MR) is 84.7 cm³/mol. The van der Waals surface area contributed by atoms with E-state index in [0.29, 0.717) is 11.4 Å². The van der Waals surface area contributed by atoms with Gasteiger partial charge in [-0.3, -0.25) is 0 Å². The minimum absolute atomic E-state index is 0.0729. The van der Waals surface area contributed by atoms with Gasteiger partial charge in [-0.15, -0.1) is 0 Å². The highest BCUT2D eigenvalue weighted by Crippen LogP contribution is 2.23. The van der Waals surface area contributed by atoms with Crippen LogP contribution in [0.4, 0.5) is 5.69 Å². The van der Waals surface area contributed by atoms with Gasteiger partial charge in [-0.05, 0) is 30.1 Å². The number of anilines is 1. The predicted octanol–water partition coefficient (Wildman–Crippen LogP) is 3.34. The van der Waals surface area contributed by atoms with Gasteiger partial charge in [0.05, 0.1) is 5.52 Å². The van der Waals surface area contributed by atoms with Crippen molar-refractivity contribution in [2.24, 2.45) is 5.92 Å². The summed E-state index contributed by atoms with van der Waals surface area (Å²) in [6.45, 7) is 2.99. The Morgan fingerprint density at radius 1 is 1.45 bits per heavy atom. The van der Waals surface area contributed by atoms with Crippen molar-refractivity contribution in [1.82, 2.24) is 4.98 Å². The van der Waals surface area contributed by atoms with E-state index in [9.17, 15) is 4.79 Å². The Kier molecular flexibility index (Phi) is 4.84. The molecule has 1 atom stereocenters. The van der Waals surface area contributed by atoms with Crippen LogP contribution in [-0.4, -0.2) is 34.6 Å². The van der Waals surface area contributed by atoms with Gasteiger partial charge in [0.25, 0.3) is 0 Å². The molecule has 1 heterocycles. The SMILES string of the molecule is CSCC(C)CNc1cc(C(=O)O)nc2ccccc12. The van der Waals surface area contributed by atoms with E-state index in [-0.39, 0.29) is 5.69 Å². The zero-order valence-corrected chi connectivity index (χ0v) is 12.4. The summed E-state index contributed by atoms with van der Waals surface area (Å²) in [5, 5.41) is 13.4. The van der Waals surface area contributed by atoms with Crippen molar-refractivity contribution in [3.05, 3.63) is 36.0 Å². The van der Waals surface area contributed by atoms with Gasteiger partial charge >= 0.3 is 5.97 Å². The number of hydrogen-bond donors (Lipinski definition) is 2. The molecule has 20 heavy (non-hydrogen) atoms. The van der Waals surface area contributed by atoms with Gasteiger partial charge in [0.15, 0.2) is 5.69 Å². The van der Waals surface area contributed by atoms with Gasteiger partial charge in [0.2, 0.25) is 0 Å². The third kappa shape index (κ3) is 3.42. The lowest BCUT2D eigenvalue weighted by atomic mass is 10.1. The monoisotopic (exact) mass is 290 g/mol. The number of carboxylic acids is 1. The number of benzene rings is 1. The van der Waals surface area contributed by atoms with Gasteiger partial charge in [0.1, 0.15) is 0 Å². The molecule has 5 heteroatoms. The van der Waals surface area contributed by atoms with Crippen molar-refractivity contribution < 1.29 is 9.90 Å². The van der Waals surface area contributed by atoms with E-state index in [1.807, 2.05) is 36.0 Å². The van der Waals surface area contributed by atoms with Crippen molar-refractivity contribution in [3.63, 3.8) is 0 Å². The number of nitrogens with one attached hydrogen (secondary N) is 1. The summed E-state index contributed by atoms with van der Waals surface area (Å²) in [6.07, 6.45) is 2.08. The number of para-hydroxylation sites is 1. The first kappa shape index (κ1) is 14.7. The molecule has 0 amide bonds. The number of pyridine rings is 1. The first-order chi connectivity index (χ1) is 9.61. The van der Waals surface area contributed by atoms with Crippen LogP contribution in [-0.2, 0) is 0 Å². The number of aromatic nitrogens is 1. The maximum absolute atomic E-state index is 11.1. The second kappa shape index (κ2) is 6.61. The Morgan fingerprint density at radius 3 is 2.90 bits per heavy atom. The van der Waals surface area contributed by atoms with E-state index in [4.69, 9.17) is 5.11 Å². The molecule has 0 saturated heterocycles. The highest BCUT2D eigenvalue weighted by molar-refractivity contribution is 7.98. The molecule has 2 aromatic rings. The molecule has 0 aliphatic heterocycles. The van der Waals surface area contributed by atoms with E-state index in [2.05, 4.69) is 23.5 Å². The molecular weight excluding hydrogens is 272 g/mol. The quantitative estimate of drug-likeness (QED) is 0.854. The van der Waals surface area contributed by atoms with E-state index < -0.39 is 5.97 Å². The van der Waals surface area contributed by atoms with Crippen molar-refractivity contribution in [1.29, 1.82) is 0 Å². The highest BCUT2D eigenvalue weighted by Gasteiger charge is 2.11. The fourth-order valence-electron chi connectivity index (χ4n) is 2.06. The number of rotatable bonds is 6. The maximum atomic E-state index is 11.1. The van der Waals surface area contributed by atoms with Gasteiger partial charge in [0, 0.05) is 17.6 Å². The number of thioether (sulfide) groups is 1. The summed E-state index contributed by atoms with van der Waals surface area (Å²) in [6, 6.07) is 9.19. The van der Waals surface area contributed by atoms with Crippen LogP contribution in [0.3, 0.4) is 0 Å². The molecule has 0 radical (unpaired) electrons. The van der Waals surface area contributed by atoms with Crippen LogP contribution in [0.5, 0.6) is 0 Å². The minimum Gasteiger partial charge on any atom is -0.477 e. The molecule has 1 aromatic heterocycles. The molecule has 2 rings (SSSR count). The first-order valence-electron chi connectivity index (χ1n) is 6.47. The number of carboxylic acid groups (broad SMARTS) is 1. The smallest absolute Gasteiger partial charge is 0.354 e. The lowest BCUT2D eigenvalue weighted by Gasteiger charge is -2.14. The van der Waals surface area contributed by atoms with Crippen molar-refractivity contribution in [2.75, 3.05) is 23.9 Å². The normalized spacial score (nSPS) is 12.3. The summed E-state index contributed by atoms with van der Waals surface area (Å²) < 4.78 is 0. The molecule has 0 saturated carbocycles. The van der Waals surface area contributed by atoms with Gasteiger partial charge < -0.3 is 10.4 Å². The average Bonchev–Trinajstić information content (AvgIpc) is 2.44. The zero-order chi connectivity index (χ0) is 14.5. The van der Waals surface area contributed by atoms with Crippen LogP contribution in [0.2, 0.25) is 0 Å². The fraction of sp³-hybridized carbons (Fsp3) is 0.333. The number of hydrogen-bond acceptors (Lipinski definition) is 4. The standard InChI is InChI=1S/C15H18N2O2S/c1-10(9-20-2)8-16-13-7-14(15(18)19)17-12-6-4-3-5-11(12)13/h3-7,10H,8-9H2,1-2H3,(H,16,17)(H,18,19). The molecule has 2 N–H and O–H groups in total. The second-order valence-corrected chi connectivity index (χ2v) is 5.73. The number of aromatic carboxylic acids is 1. The summed E-state index contributed by atoms with van der Waals surface area (Å²) in [5.41, 5.74) is 1.61. The maximum Gasteiger partial charge on any atom is 0.354 e. The van der Waals surface area contributed by atoms with E-state index in [1.54, 1.807) is 6.07 Å². The molecule has 106 valence electrons. The van der Waals surface area contributed by atoms with Gasteiger partial charge in [-0.2, -0.15) is 11.8 Å². The summed E-state index contributed by atoms with van der Waals surface area (Å²) in [7, 11) is 0. The number of carbonyl (C=O) groups is 1. The van der Waals surface area contributed by atoms with Crippen molar-refractivity contribution >= 4 is 34.3 Å². The van der Waals surface area contributed by atoms with E-state index in [1.165, 1.54) is 0 Å². The molecule has 4 nitrogen and oxygen atoms in total. The molecule has 1 unspecified atom stereocenters. The van der Waals surface area contributed by atoms with Crippen LogP contribution in [0.15, 0.2) is 30.3 Å². The van der Waals surface area contributed by atoms with Crippen LogP contribution in [0.1, 0.15) is 17.4 Å². The molecule has 0 fully saturated rings. The molecule has 1 aromatic carbocycles. The van der Waals surface area contributed by atoms with Crippen molar-refractivity contribution in [3.8, 4) is 0 Å². The van der Waals surface area contributed by atoms with Crippen LogP contribution < -0.4 is 5.32 Å². The molecule has 0 spiro atoms. The lowest BCUT2D eigenvalue weighted by molar-refractivity contribution is 0.0691. The van der Waals surface area contributed by atoms with Crippen LogP contribution >= 0.6 is 11.8 Å². The third-order valence-corrected chi connectivity index (χ3v) is 3.93. The van der Waals surface area contributed by atoms with Gasteiger partial charge in [-0.1, -0.05) is 25.1 Å². The van der Waals surface area contributed by atoms with Crippen LogP contribution in [0.25, 0.3) is 10.9 Å². The Labute approximate surface area is 122 Å². The topological polar surface area (TPSA) is 62.2 Å². The largest absolute Gasteiger partial charge is 0.477 e. The Hall–Kier alpha value is -1.75. The Morgan fingerprint density at radius 2 is 2.20 bits per heavy atom. The Balaban J connectivity index is 2.32. The zero-order valence-electron chi connectivity index (χ0n) is 11.6. The number of fused-ring (bicyclic) bond motifs is 1.